The lowest BCUT2D eigenvalue weighted by molar-refractivity contribution is 0.652. The molecule has 0 atom stereocenters. The number of nitrogens with two attached hydrogens (primary N) is 1. The quantitative estimate of drug-likeness (QED) is 0.350. The second kappa shape index (κ2) is 11.1. The number of benzene rings is 1. The molecular formula is C16H28N4. The first-order valence-corrected chi connectivity index (χ1v) is 7.65. The Morgan fingerprint density at radius 3 is 2.60 bits per heavy atom. The van der Waals surface area contributed by atoms with Crippen LogP contribution in [0.25, 0.3) is 0 Å². The van der Waals surface area contributed by atoms with Gasteiger partial charge in [-0.1, -0.05) is 44.4 Å². The lowest BCUT2D eigenvalue weighted by Gasteiger charge is -2.06. The van der Waals surface area contributed by atoms with E-state index in [1.54, 1.807) is 0 Å². The topological polar surface area (TPSA) is 62.4 Å². The summed E-state index contributed by atoms with van der Waals surface area (Å²) in [5, 5.41) is 6.51. The Morgan fingerprint density at radius 1 is 1.05 bits per heavy atom. The normalized spacial score (nSPS) is 11.3. The molecule has 1 rings (SSSR count). The number of hydrogen-bond donors (Lipinski definition) is 3. The van der Waals surface area contributed by atoms with E-state index in [0.717, 1.165) is 31.7 Å². The molecule has 112 valence electrons. The fraction of sp³-hybridized carbons (Fsp3) is 0.562. The second-order valence-corrected chi connectivity index (χ2v) is 4.90. The molecule has 0 unspecified atom stereocenters. The molecular weight excluding hydrogens is 248 g/mol. The molecule has 0 bridgehead atoms. The van der Waals surface area contributed by atoms with E-state index in [9.17, 15) is 0 Å². The van der Waals surface area contributed by atoms with Crippen molar-refractivity contribution in [2.45, 2.75) is 39.0 Å². The first-order chi connectivity index (χ1) is 9.83. The third-order valence-corrected chi connectivity index (χ3v) is 3.06. The Hall–Kier alpha value is -1.71. The number of unbranched alkanes of at least 4 members (excludes halogenated alkanes) is 3. The van der Waals surface area contributed by atoms with Gasteiger partial charge in [0.25, 0.3) is 0 Å². The highest BCUT2D eigenvalue weighted by molar-refractivity contribution is 5.77. The number of para-hydroxylation sites is 1. The molecule has 1 aromatic rings. The Kier molecular flexibility index (Phi) is 9.11. The molecule has 0 aliphatic heterocycles. The molecule has 4 nitrogen and oxygen atoms in total. The van der Waals surface area contributed by atoms with Crippen molar-refractivity contribution in [3.8, 4) is 0 Å². The van der Waals surface area contributed by atoms with E-state index in [2.05, 4.69) is 34.7 Å². The summed E-state index contributed by atoms with van der Waals surface area (Å²) in [4.78, 5) is 4.32. The molecule has 0 spiro atoms. The van der Waals surface area contributed by atoms with E-state index in [1.807, 2.05) is 18.2 Å². The number of rotatable bonds is 10. The van der Waals surface area contributed by atoms with Crippen LogP contribution in [0, 0.1) is 0 Å². The van der Waals surface area contributed by atoms with Crippen molar-refractivity contribution in [3.63, 3.8) is 0 Å². The molecule has 0 heterocycles. The van der Waals surface area contributed by atoms with Gasteiger partial charge in [-0.05, 0) is 25.0 Å². The zero-order chi connectivity index (χ0) is 14.5. The Balaban J connectivity index is 2.00. The third kappa shape index (κ3) is 8.40. The minimum absolute atomic E-state index is 0.571. The molecule has 4 heteroatoms. The van der Waals surface area contributed by atoms with Crippen molar-refractivity contribution in [1.82, 2.24) is 5.32 Å². The monoisotopic (exact) mass is 276 g/mol. The fourth-order valence-corrected chi connectivity index (χ4v) is 1.89. The predicted molar refractivity (Wildman–Crippen MR) is 88.2 cm³/mol. The summed E-state index contributed by atoms with van der Waals surface area (Å²) in [6.45, 7) is 4.81. The second-order valence-electron chi connectivity index (χ2n) is 4.90. The van der Waals surface area contributed by atoms with E-state index >= 15 is 0 Å². The maximum atomic E-state index is 5.80. The molecule has 0 aliphatic carbocycles. The van der Waals surface area contributed by atoms with Gasteiger partial charge in [-0.15, -0.1) is 0 Å². The van der Waals surface area contributed by atoms with Gasteiger partial charge in [0, 0.05) is 25.3 Å². The highest BCUT2D eigenvalue weighted by atomic mass is 15.1. The lowest BCUT2D eigenvalue weighted by atomic mass is 10.2. The van der Waals surface area contributed by atoms with Crippen molar-refractivity contribution < 1.29 is 0 Å². The van der Waals surface area contributed by atoms with E-state index in [0.29, 0.717) is 5.96 Å². The minimum atomic E-state index is 0.571. The van der Waals surface area contributed by atoms with Gasteiger partial charge in [-0.2, -0.15) is 0 Å². The first-order valence-electron chi connectivity index (χ1n) is 7.65. The number of guanidine groups is 1. The number of nitrogens with one attached hydrogen (secondary N) is 2. The van der Waals surface area contributed by atoms with Crippen LogP contribution in [-0.2, 0) is 0 Å². The zero-order valence-electron chi connectivity index (χ0n) is 12.6. The number of aliphatic imine (C=N–C) groups is 1. The van der Waals surface area contributed by atoms with Crippen molar-refractivity contribution in [3.05, 3.63) is 30.3 Å². The summed E-state index contributed by atoms with van der Waals surface area (Å²) in [5.74, 6) is 0.571. The standard InChI is InChI=1S/C16H28N4/c1-2-3-4-8-12-19-16(17)20-14-9-13-18-15-10-6-5-7-11-15/h5-7,10-11,18H,2-4,8-9,12-14H2,1H3,(H3,17,19,20). The van der Waals surface area contributed by atoms with Crippen LogP contribution in [0.3, 0.4) is 0 Å². The average molecular weight is 276 g/mol. The third-order valence-electron chi connectivity index (χ3n) is 3.06. The molecule has 20 heavy (non-hydrogen) atoms. The van der Waals surface area contributed by atoms with Crippen molar-refractivity contribution in [2.24, 2.45) is 10.7 Å². The largest absolute Gasteiger partial charge is 0.385 e. The van der Waals surface area contributed by atoms with Gasteiger partial charge in [0.2, 0.25) is 0 Å². The Morgan fingerprint density at radius 2 is 1.85 bits per heavy atom. The molecule has 0 saturated carbocycles. The van der Waals surface area contributed by atoms with Crippen LogP contribution in [-0.4, -0.2) is 25.6 Å². The van der Waals surface area contributed by atoms with E-state index < -0.39 is 0 Å². The van der Waals surface area contributed by atoms with Gasteiger partial charge in [-0.3, -0.25) is 4.99 Å². The van der Waals surface area contributed by atoms with Crippen LogP contribution in [0.5, 0.6) is 0 Å². The van der Waals surface area contributed by atoms with Gasteiger partial charge < -0.3 is 16.4 Å². The van der Waals surface area contributed by atoms with Crippen molar-refractivity contribution >= 4 is 11.6 Å². The minimum Gasteiger partial charge on any atom is -0.385 e. The number of anilines is 1. The molecule has 1 aromatic carbocycles. The maximum absolute atomic E-state index is 5.80. The average Bonchev–Trinajstić information content (AvgIpc) is 2.48. The smallest absolute Gasteiger partial charge is 0.188 e. The number of nitrogens with zero attached hydrogens (tertiary/aromatic N) is 1. The van der Waals surface area contributed by atoms with Gasteiger partial charge >= 0.3 is 0 Å². The van der Waals surface area contributed by atoms with Gasteiger partial charge in [0.15, 0.2) is 5.96 Å². The van der Waals surface area contributed by atoms with E-state index in [4.69, 9.17) is 5.73 Å². The summed E-state index contributed by atoms with van der Waals surface area (Å²) >= 11 is 0. The number of hydrogen-bond acceptors (Lipinski definition) is 2. The van der Waals surface area contributed by atoms with Crippen LogP contribution >= 0.6 is 0 Å². The van der Waals surface area contributed by atoms with Gasteiger partial charge in [-0.25, -0.2) is 0 Å². The molecule has 0 radical (unpaired) electrons. The summed E-state index contributed by atoms with van der Waals surface area (Å²) in [5.41, 5.74) is 6.95. The Labute approximate surface area is 122 Å². The Bertz CT molecular complexity index is 362. The highest BCUT2D eigenvalue weighted by Crippen LogP contribution is 2.04. The summed E-state index contributed by atoms with van der Waals surface area (Å²) in [6, 6.07) is 10.2. The summed E-state index contributed by atoms with van der Waals surface area (Å²) in [6.07, 6.45) is 5.96. The highest BCUT2D eigenvalue weighted by Gasteiger charge is 1.93. The molecule has 0 aliphatic rings. The zero-order valence-corrected chi connectivity index (χ0v) is 12.6. The van der Waals surface area contributed by atoms with Crippen molar-refractivity contribution in [2.75, 3.05) is 25.0 Å². The van der Waals surface area contributed by atoms with Crippen LogP contribution in [0.1, 0.15) is 39.0 Å². The van der Waals surface area contributed by atoms with Crippen LogP contribution in [0.4, 0.5) is 5.69 Å². The van der Waals surface area contributed by atoms with Crippen LogP contribution in [0.15, 0.2) is 35.3 Å². The van der Waals surface area contributed by atoms with E-state index in [1.165, 1.54) is 25.7 Å². The fourth-order valence-electron chi connectivity index (χ4n) is 1.89. The van der Waals surface area contributed by atoms with E-state index in [-0.39, 0.29) is 0 Å². The maximum Gasteiger partial charge on any atom is 0.188 e. The molecule has 0 amide bonds. The van der Waals surface area contributed by atoms with Gasteiger partial charge in [0.1, 0.15) is 0 Å². The first kappa shape index (κ1) is 16.3. The lowest BCUT2D eigenvalue weighted by Crippen LogP contribution is -2.32. The SMILES string of the molecule is CCCCCCNC(N)=NCCCNc1ccccc1. The summed E-state index contributed by atoms with van der Waals surface area (Å²) in [7, 11) is 0. The van der Waals surface area contributed by atoms with Crippen LogP contribution < -0.4 is 16.4 Å². The summed E-state index contributed by atoms with van der Waals surface area (Å²) < 4.78 is 0. The molecule has 4 N–H and O–H groups in total. The molecule has 0 fully saturated rings. The molecule has 0 aromatic heterocycles. The van der Waals surface area contributed by atoms with Gasteiger partial charge in [0.05, 0.1) is 0 Å². The predicted octanol–water partition coefficient (Wildman–Crippen LogP) is 2.97. The van der Waals surface area contributed by atoms with Crippen molar-refractivity contribution in [1.29, 1.82) is 0 Å². The van der Waals surface area contributed by atoms with Crippen LogP contribution in [0.2, 0.25) is 0 Å². The molecule has 0 saturated heterocycles.